The maximum Gasteiger partial charge on any atom is 0.482 e. The Morgan fingerprint density at radius 1 is 1.30 bits per heavy atom. The second-order valence-corrected chi connectivity index (χ2v) is 1.31. The smallest absolute Gasteiger partial charge is 0.429 e. The maximum absolute atomic E-state index is 8.14. The molecule has 0 amide bonds. The second-order valence-electron chi connectivity index (χ2n) is 1.31. The minimum Gasteiger partial charge on any atom is -0.429 e. The van der Waals surface area contributed by atoms with Crippen LogP contribution < -0.4 is 0 Å². The lowest BCUT2D eigenvalue weighted by Crippen LogP contribution is -1.76. The molecule has 1 rings (SSSR count). The maximum atomic E-state index is 8.14. The molecule has 0 fully saturated rings. The van der Waals surface area contributed by atoms with Crippen molar-refractivity contribution in [1.82, 2.24) is 4.57 Å². The van der Waals surface area contributed by atoms with Crippen LogP contribution in [0, 0.1) is 11.5 Å². The number of nitriles is 1. The van der Waals surface area contributed by atoms with Gasteiger partial charge in [-0.15, -0.1) is 0 Å². The molecule has 1 radical (unpaired) electrons. The van der Waals surface area contributed by atoms with Crippen LogP contribution in [-0.2, 0) is 0 Å². The molecule has 0 bridgehead atoms. The van der Waals surface area contributed by atoms with E-state index in [1.54, 1.807) is 12.4 Å². The van der Waals surface area contributed by atoms with Crippen LogP contribution in [0.2, 0.25) is 0 Å². The number of hydrogen-bond donors (Lipinski definition) is 2. The Morgan fingerprint density at radius 3 is 1.90 bits per heavy atom. The van der Waals surface area contributed by atoms with Gasteiger partial charge in [-0.2, -0.15) is 5.26 Å². The summed E-state index contributed by atoms with van der Waals surface area (Å²) in [6.45, 7) is 0. The van der Waals surface area contributed by atoms with Crippen molar-refractivity contribution in [2.45, 2.75) is 0 Å². The molecule has 0 aliphatic rings. The Morgan fingerprint density at radius 2 is 1.70 bits per heavy atom. The van der Waals surface area contributed by atoms with E-state index in [9.17, 15) is 0 Å². The summed E-state index contributed by atoms with van der Waals surface area (Å²) in [4.78, 5) is 0. The zero-order valence-corrected chi connectivity index (χ0v) is 5.18. The summed E-state index contributed by atoms with van der Waals surface area (Å²) in [5.41, 5.74) is 0. The highest BCUT2D eigenvalue weighted by atomic mass is 16.4. The van der Waals surface area contributed by atoms with E-state index in [2.05, 4.69) is 0 Å². The topological polar surface area (TPSA) is 69.2 Å². The minimum atomic E-state index is 0. The Hall–Kier alpha value is -1.25. The van der Waals surface area contributed by atoms with Gasteiger partial charge in [-0.25, -0.2) is 0 Å². The molecule has 0 aliphatic heterocycles. The van der Waals surface area contributed by atoms with Crippen LogP contribution >= 0.6 is 0 Å². The van der Waals surface area contributed by atoms with E-state index in [0.29, 0.717) is 0 Å². The SMILES string of the molecule is N#Cn1cccc1.O[B]O. The van der Waals surface area contributed by atoms with Crippen LogP contribution in [0.15, 0.2) is 24.5 Å². The molecule has 0 atom stereocenters. The van der Waals surface area contributed by atoms with Gasteiger partial charge in [0.15, 0.2) is 6.19 Å². The van der Waals surface area contributed by atoms with Gasteiger partial charge in [0.2, 0.25) is 0 Å². The predicted molar refractivity (Wildman–Crippen MR) is 35.6 cm³/mol. The van der Waals surface area contributed by atoms with Crippen molar-refractivity contribution in [2.24, 2.45) is 0 Å². The fourth-order valence-electron chi connectivity index (χ4n) is 0.401. The normalized spacial score (nSPS) is 6.90. The van der Waals surface area contributed by atoms with E-state index in [4.69, 9.17) is 15.3 Å². The molecule has 2 N–H and O–H groups in total. The molecule has 0 spiro atoms. The lowest BCUT2D eigenvalue weighted by Gasteiger charge is -1.74. The highest BCUT2D eigenvalue weighted by molar-refractivity contribution is 6.13. The number of hydrogen-bond acceptors (Lipinski definition) is 3. The highest BCUT2D eigenvalue weighted by Gasteiger charge is 1.75. The van der Waals surface area contributed by atoms with Gasteiger partial charge >= 0.3 is 7.69 Å². The summed E-state index contributed by atoms with van der Waals surface area (Å²) >= 11 is 0. The summed E-state index contributed by atoms with van der Waals surface area (Å²) in [5.74, 6) is 0. The van der Waals surface area contributed by atoms with E-state index < -0.39 is 0 Å². The molecule has 0 saturated heterocycles. The molecule has 0 aliphatic carbocycles. The molecule has 5 heteroatoms. The highest BCUT2D eigenvalue weighted by Crippen LogP contribution is 1.82. The zero-order chi connectivity index (χ0) is 7.82. The van der Waals surface area contributed by atoms with Crippen LogP contribution in [0.1, 0.15) is 0 Å². The third-order valence-corrected chi connectivity index (χ3v) is 0.720. The van der Waals surface area contributed by atoms with Crippen molar-refractivity contribution in [2.75, 3.05) is 0 Å². The van der Waals surface area contributed by atoms with E-state index in [1.165, 1.54) is 4.57 Å². The van der Waals surface area contributed by atoms with Crippen molar-refractivity contribution >= 4 is 7.69 Å². The fraction of sp³-hybridized carbons (Fsp3) is 0. The average Bonchev–Trinajstić information content (AvgIpc) is 2.39. The molecular formula is C5H6BN2O2. The molecule has 4 nitrogen and oxygen atoms in total. The third-order valence-electron chi connectivity index (χ3n) is 0.720. The first-order chi connectivity index (χ1) is 4.85. The zero-order valence-electron chi connectivity index (χ0n) is 5.18. The monoisotopic (exact) mass is 137 g/mol. The summed E-state index contributed by atoms with van der Waals surface area (Å²) < 4.78 is 1.43. The van der Waals surface area contributed by atoms with Crippen molar-refractivity contribution in [3.63, 3.8) is 0 Å². The molecule has 51 valence electrons. The van der Waals surface area contributed by atoms with E-state index in [0.717, 1.165) is 0 Å². The molecule has 0 aromatic carbocycles. The molecule has 10 heavy (non-hydrogen) atoms. The van der Waals surface area contributed by atoms with Gasteiger partial charge in [-0.1, -0.05) is 0 Å². The molecule has 1 aromatic heterocycles. The van der Waals surface area contributed by atoms with Crippen LogP contribution in [0.5, 0.6) is 0 Å². The lowest BCUT2D eigenvalue weighted by atomic mass is 10.5. The van der Waals surface area contributed by atoms with E-state index in [-0.39, 0.29) is 7.69 Å². The predicted octanol–water partition coefficient (Wildman–Crippen LogP) is -0.678. The van der Waals surface area contributed by atoms with Crippen molar-refractivity contribution < 1.29 is 10.0 Å². The van der Waals surface area contributed by atoms with Gasteiger partial charge in [0.25, 0.3) is 0 Å². The van der Waals surface area contributed by atoms with Crippen molar-refractivity contribution in [3.8, 4) is 6.19 Å². The van der Waals surface area contributed by atoms with Gasteiger partial charge in [0.05, 0.1) is 0 Å². The molecule has 0 saturated carbocycles. The number of aromatic nitrogens is 1. The van der Waals surface area contributed by atoms with Crippen LogP contribution in [0.3, 0.4) is 0 Å². The fourth-order valence-corrected chi connectivity index (χ4v) is 0.401. The first kappa shape index (κ1) is 8.75. The van der Waals surface area contributed by atoms with Gasteiger partial charge in [-0.3, -0.25) is 4.57 Å². The summed E-state index contributed by atoms with van der Waals surface area (Å²) in [6.07, 6.45) is 5.31. The summed E-state index contributed by atoms with van der Waals surface area (Å²) in [5, 5.41) is 22.1. The third kappa shape index (κ3) is 3.72. The Kier molecular flexibility index (Phi) is 5.15. The minimum absolute atomic E-state index is 0. The Balaban J connectivity index is 0.000000236. The van der Waals surface area contributed by atoms with Gasteiger partial charge in [0.1, 0.15) is 0 Å². The molecule has 0 unspecified atom stereocenters. The quantitative estimate of drug-likeness (QED) is 0.465. The Bertz CT molecular complexity index is 192. The first-order valence-electron chi connectivity index (χ1n) is 2.48. The number of rotatable bonds is 0. The molecule has 1 aromatic rings. The van der Waals surface area contributed by atoms with Crippen molar-refractivity contribution in [3.05, 3.63) is 24.5 Å². The van der Waals surface area contributed by atoms with Crippen LogP contribution in [0.4, 0.5) is 0 Å². The first-order valence-corrected chi connectivity index (χ1v) is 2.48. The van der Waals surface area contributed by atoms with Crippen LogP contribution in [0.25, 0.3) is 0 Å². The van der Waals surface area contributed by atoms with E-state index >= 15 is 0 Å². The average molecular weight is 137 g/mol. The van der Waals surface area contributed by atoms with Gasteiger partial charge < -0.3 is 10.0 Å². The lowest BCUT2D eigenvalue weighted by molar-refractivity contribution is 0.448. The van der Waals surface area contributed by atoms with E-state index in [1.807, 2.05) is 18.3 Å². The summed E-state index contributed by atoms with van der Waals surface area (Å²) in [7, 11) is 0. The molecular weight excluding hydrogens is 131 g/mol. The largest absolute Gasteiger partial charge is 0.482 e. The van der Waals surface area contributed by atoms with Crippen LogP contribution in [-0.4, -0.2) is 22.3 Å². The Labute approximate surface area is 59.3 Å². The molecule has 1 heterocycles. The summed E-state index contributed by atoms with van der Waals surface area (Å²) in [6, 6.07) is 3.62. The van der Waals surface area contributed by atoms with Crippen molar-refractivity contribution in [1.29, 1.82) is 5.26 Å². The second kappa shape index (κ2) is 5.88. The standard InChI is InChI=1S/C5H4N2.BH2O2/c6-5-7-3-1-2-4-7;2-1-3/h1-4H;2-3H. The number of nitrogens with zero attached hydrogens (tertiary/aromatic N) is 2. The van der Waals surface area contributed by atoms with Gasteiger partial charge in [0, 0.05) is 12.4 Å². The van der Waals surface area contributed by atoms with Gasteiger partial charge in [-0.05, 0) is 12.1 Å².